The number of fused-ring (bicyclic) bond motifs is 5. The molecule has 8 heteroatoms. The van der Waals surface area contributed by atoms with Crippen molar-refractivity contribution in [3.8, 4) is 11.5 Å². The molecule has 3 heterocycles. The number of nitrogens with zero attached hydrogens (tertiary/aromatic N) is 2. The van der Waals surface area contributed by atoms with Gasteiger partial charge in [0.25, 0.3) is 11.8 Å². The Morgan fingerprint density at radius 2 is 1.49 bits per heavy atom. The molecule has 1 atom stereocenters. The SMILES string of the molecule is COc1ccc(CCN2C(=O)c3oc4ccccc4c(=O)c3C23C(=O)N(Cc2ccccc2)c2ccccc23)cc1OC. The molecule has 2 amide bonds. The minimum absolute atomic E-state index is 0.0662. The summed E-state index contributed by atoms with van der Waals surface area (Å²) in [5.41, 5.74) is 1.34. The van der Waals surface area contributed by atoms with Crippen molar-refractivity contribution >= 4 is 28.5 Å². The number of rotatable bonds is 7. The van der Waals surface area contributed by atoms with Crippen LogP contribution in [0, 0.1) is 0 Å². The van der Waals surface area contributed by atoms with Crippen LogP contribution >= 0.6 is 0 Å². The van der Waals surface area contributed by atoms with Gasteiger partial charge in [0, 0.05) is 12.1 Å². The van der Waals surface area contributed by atoms with Crippen molar-refractivity contribution in [2.45, 2.75) is 18.5 Å². The van der Waals surface area contributed by atoms with Crippen molar-refractivity contribution in [1.29, 1.82) is 0 Å². The monoisotopic (exact) mass is 572 g/mol. The molecule has 0 radical (unpaired) electrons. The molecule has 7 rings (SSSR count). The van der Waals surface area contributed by atoms with Gasteiger partial charge in [-0.1, -0.05) is 66.7 Å². The first kappa shape index (κ1) is 26.5. The fraction of sp³-hybridized carbons (Fsp3) is 0.171. The Bertz CT molecular complexity index is 1970. The molecular formula is C35H28N2O6. The molecule has 1 unspecified atom stereocenters. The predicted molar refractivity (Wildman–Crippen MR) is 162 cm³/mol. The first-order chi connectivity index (χ1) is 21.0. The Kier molecular flexibility index (Phi) is 6.27. The molecule has 5 aromatic rings. The number of benzene rings is 4. The second-order valence-corrected chi connectivity index (χ2v) is 10.6. The van der Waals surface area contributed by atoms with E-state index in [1.807, 2.05) is 66.7 Å². The molecule has 8 nitrogen and oxygen atoms in total. The first-order valence-electron chi connectivity index (χ1n) is 14.0. The van der Waals surface area contributed by atoms with Crippen molar-refractivity contribution in [2.75, 3.05) is 25.7 Å². The van der Waals surface area contributed by atoms with Crippen molar-refractivity contribution in [1.82, 2.24) is 4.90 Å². The van der Waals surface area contributed by atoms with E-state index < -0.39 is 11.4 Å². The molecule has 4 aromatic carbocycles. The number of anilines is 1. The number of methoxy groups -OCH3 is 2. The quantitative estimate of drug-likeness (QED) is 0.263. The summed E-state index contributed by atoms with van der Waals surface area (Å²) in [4.78, 5) is 46.7. The maximum absolute atomic E-state index is 14.9. The molecule has 0 saturated carbocycles. The summed E-state index contributed by atoms with van der Waals surface area (Å²) in [6, 6.07) is 29.4. The number of ether oxygens (including phenoxy) is 2. The summed E-state index contributed by atoms with van der Waals surface area (Å²) < 4.78 is 17.0. The van der Waals surface area contributed by atoms with E-state index in [1.54, 1.807) is 49.5 Å². The molecule has 0 fully saturated rings. The van der Waals surface area contributed by atoms with E-state index in [1.165, 1.54) is 4.90 Å². The lowest BCUT2D eigenvalue weighted by Gasteiger charge is -2.34. The van der Waals surface area contributed by atoms with Crippen LogP contribution in [-0.4, -0.2) is 37.5 Å². The number of amides is 2. The van der Waals surface area contributed by atoms with Crippen molar-refractivity contribution in [3.05, 3.63) is 135 Å². The Morgan fingerprint density at radius 3 is 2.28 bits per heavy atom. The highest BCUT2D eigenvalue weighted by molar-refractivity contribution is 6.17. The Hall–Kier alpha value is -5.37. The minimum Gasteiger partial charge on any atom is -0.493 e. The average Bonchev–Trinajstić information content (AvgIpc) is 3.44. The minimum atomic E-state index is -1.68. The zero-order chi connectivity index (χ0) is 29.7. The van der Waals surface area contributed by atoms with E-state index in [9.17, 15) is 14.4 Å². The smallest absolute Gasteiger partial charge is 0.291 e. The molecule has 43 heavy (non-hydrogen) atoms. The maximum Gasteiger partial charge on any atom is 0.291 e. The first-order valence-corrected chi connectivity index (χ1v) is 14.0. The third-order valence-electron chi connectivity index (χ3n) is 8.40. The zero-order valence-electron chi connectivity index (χ0n) is 23.7. The summed E-state index contributed by atoms with van der Waals surface area (Å²) in [7, 11) is 3.13. The number of hydrogen-bond donors (Lipinski definition) is 0. The number of carbonyl (C=O) groups is 2. The molecule has 214 valence electrons. The third kappa shape index (κ3) is 3.86. The van der Waals surface area contributed by atoms with Crippen LogP contribution in [0.25, 0.3) is 11.0 Å². The summed E-state index contributed by atoms with van der Waals surface area (Å²) in [6.07, 6.45) is 0.393. The van der Waals surface area contributed by atoms with Gasteiger partial charge in [-0.05, 0) is 47.9 Å². The van der Waals surface area contributed by atoms with Gasteiger partial charge >= 0.3 is 0 Å². The van der Waals surface area contributed by atoms with E-state index in [-0.39, 0.29) is 35.7 Å². The van der Waals surface area contributed by atoms with Crippen LogP contribution in [0.5, 0.6) is 11.5 Å². The summed E-state index contributed by atoms with van der Waals surface area (Å²) >= 11 is 0. The van der Waals surface area contributed by atoms with Crippen molar-refractivity contribution in [3.63, 3.8) is 0 Å². The lowest BCUT2D eigenvalue weighted by molar-refractivity contribution is -0.126. The molecule has 0 bridgehead atoms. The maximum atomic E-state index is 14.9. The number of hydrogen-bond acceptors (Lipinski definition) is 6. The van der Waals surface area contributed by atoms with Crippen LogP contribution in [0.15, 0.2) is 106 Å². The molecule has 0 N–H and O–H groups in total. The van der Waals surface area contributed by atoms with Gasteiger partial charge in [0.05, 0.1) is 37.4 Å². The second kappa shape index (κ2) is 10.2. The zero-order valence-corrected chi connectivity index (χ0v) is 23.7. The number of para-hydroxylation sites is 2. The van der Waals surface area contributed by atoms with Gasteiger partial charge in [0.2, 0.25) is 5.76 Å². The van der Waals surface area contributed by atoms with Crippen LogP contribution in [-0.2, 0) is 23.3 Å². The summed E-state index contributed by atoms with van der Waals surface area (Å²) in [5, 5.41) is 0.321. The van der Waals surface area contributed by atoms with Crippen LogP contribution in [0.2, 0.25) is 0 Å². The Labute approximate surface area is 247 Å². The van der Waals surface area contributed by atoms with Crippen LogP contribution < -0.4 is 19.8 Å². The van der Waals surface area contributed by atoms with Gasteiger partial charge in [-0.3, -0.25) is 14.4 Å². The highest BCUT2D eigenvalue weighted by Crippen LogP contribution is 2.53. The van der Waals surface area contributed by atoms with Crippen LogP contribution in [0.3, 0.4) is 0 Å². The van der Waals surface area contributed by atoms with E-state index in [0.717, 1.165) is 11.1 Å². The molecular weight excluding hydrogens is 544 g/mol. The fourth-order valence-electron chi connectivity index (χ4n) is 6.44. The van der Waals surface area contributed by atoms with Gasteiger partial charge in [-0.25, -0.2) is 0 Å². The van der Waals surface area contributed by atoms with Gasteiger partial charge in [-0.15, -0.1) is 0 Å². The van der Waals surface area contributed by atoms with Crippen molar-refractivity contribution in [2.24, 2.45) is 0 Å². The van der Waals surface area contributed by atoms with E-state index in [0.29, 0.717) is 40.1 Å². The third-order valence-corrected chi connectivity index (χ3v) is 8.40. The van der Waals surface area contributed by atoms with E-state index >= 15 is 0 Å². The van der Waals surface area contributed by atoms with Crippen LogP contribution in [0.1, 0.15) is 32.8 Å². The highest BCUT2D eigenvalue weighted by atomic mass is 16.5. The summed E-state index contributed by atoms with van der Waals surface area (Å²) in [5.74, 6) is 0.193. The standard InChI is InChI=1S/C35H28N2O6/c1-41-28-17-16-22(20-29(28)42-2)18-19-37-33(39)32-30(31(38)24-12-6-9-15-27(24)43-32)35(37)25-13-7-8-14-26(25)36(34(35)40)21-23-10-4-3-5-11-23/h3-17,20H,18-19,21H2,1-2H3. The molecule has 1 spiro atoms. The predicted octanol–water partition coefficient (Wildman–Crippen LogP) is 5.30. The average molecular weight is 573 g/mol. The molecule has 2 aliphatic rings. The lowest BCUT2D eigenvalue weighted by atomic mass is 9.83. The van der Waals surface area contributed by atoms with Crippen molar-refractivity contribution < 1.29 is 23.5 Å². The van der Waals surface area contributed by atoms with Gasteiger partial charge in [0.1, 0.15) is 5.58 Å². The summed E-state index contributed by atoms with van der Waals surface area (Å²) in [6.45, 7) is 0.429. The van der Waals surface area contributed by atoms with Gasteiger partial charge in [0.15, 0.2) is 22.5 Å². The van der Waals surface area contributed by atoms with Crippen LogP contribution in [0.4, 0.5) is 5.69 Å². The Balaban J connectivity index is 1.42. The molecule has 0 aliphatic carbocycles. The van der Waals surface area contributed by atoms with E-state index in [4.69, 9.17) is 13.9 Å². The fourth-order valence-corrected chi connectivity index (χ4v) is 6.44. The molecule has 0 saturated heterocycles. The number of carbonyl (C=O) groups excluding carboxylic acids is 2. The largest absolute Gasteiger partial charge is 0.493 e. The molecule has 1 aromatic heterocycles. The van der Waals surface area contributed by atoms with E-state index in [2.05, 4.69) is 0 Å². The van der Waals surface area contributed by atoms with Gasteiger partial charge < -0.3 is 23.7 Å². The van der Waals surface area contributed by atoms with Gasteiger partial charge in [-0.2, -0.15) is 0 Å². The second-order valence-electron chi connectivity index (χ2n) is 10.6. The highest BCUT2D eigenvalue weighted by Gasteiger charge is 2.64. The lowest BCUT2D eigenvalue weighted by Crippen LogP contribution is -2.53. The normalized spacial score (nSPS) is 17.1. The molecule has 2 aliphatic heterocycles. The Morgan fingerprint density at radius 1 is 0.767 bits per heavy atom. The topological polar surface area (TPSA) is 89.3 Å².